The Hall–Kier alpha value is -1.02. The minimum absolute atomic E-state index is 0.254. The highest BCUT2D eigenvalue weighted by molar-refractivity contribution is 5.37. The van der Waals surface area contributed by atoms with E-state index in [-0.39, 0.29) is 6.61 Å². The Morgan fingerprint density at radius 2 is 2.13 bits per heavy atom. The number of rotatable bonds is 5. The van der Waals surface area contributed by atoms with Crippen LogP contribution in [0.2, 0.25) is 0 Å². The summed E-state index contributed by atoms with van der Waals surface area (Å²) in [5.74, 6) is 1.39. The molecule has 0 heterocycles. The van der Waals surface area contributed by atoms with Crippen molar-refractivity contribution in [3.63, 3.8) is 0 Å². The van der Waals surface area contributed by atoms with E-state index in [0.29, 0.717) is 5.92 Å². The van der Waals surface area contributed by atoms with Gasteiger partial charge in [-0.05, 0) is 42.9 Å². The number of aliphatic hydroxyl groups is 1. The van der Waals surface area contributed by atoms with E-state index in [2.05, 4.69) is 19.1 Å². The average Bonchev–Trinajstić information content (AvgIpc) is 2.25. The molecule has 0 fully saturated rings. The summed E-state index contributed by atoms with van der Waals surface area (Å²) in [6, 6.07) is 6.25. The number of benzene rings is 1. The van der Waals surface area contributed by atoms with Crippen LogP contribution in [0.1, 0.15) is 36.8 Å². The summed E-state index contributed by atoms with van der Waals surface area (Å²) in [5.41, 5.74) is 2.45. The lowest BCUT2D eigenvalue weighted by Gasteiger charge is -2.15. The standard InChI is InChI=1S/C13H20O2/c1-4-11(7-8-14)12-5-6-13(15-3)10(2)9-12/h5-6,9,11,14H,4,7-8H2,1-3H3. The highest BCUT2D eigenvalue weighted by Gasteiger charge is 2.10. The third-order valence-corrected chi connectivity index (χ3v) is 2.86. The molecule has 1 unspecified atom stereocenters. The van der Waals surface area contributed by atoms with E-state index in [9.17, 15) is 0 Å². The van der Waals surface area contributed by atoms with Gasteiger partial charge < -0.3 is 9.84 Å². The number of methoxy groups -OCH3 is 1. The molecular formula is C13H20O2. The summed E-state index contributed by atoms with van der Waals surface area (Å²) in [5, 5.41) is 8.97. The molecule has 0 saturated carbocycles. The monoisotopic (exact) mass is 208 g/mol. The van der Waals surface area contributed by atoms with Crippen LogP contribution < -0.4 is 4.74 Å². The smallest absolute Gasteiger partial charge is 0.121 e. The predicted octanol–water partition coefficient (Wildman–Crippen LogP) is 2.88. The van der Waals surface area contributed by atoms with Gasteiger partial charge in [0.1, 0.15) is 5.75 Å². The van der Waals surface area contributed by atoms with Gasteiger partial charge in [0.2, 0.25) is 0 Å². The fourth-order valence-electron chi connectivity index (χ4n) is 1.92. The van der Waals surface area contributed by atoms with Crippen LogP contribution in [0.25, 0.3) is 0 Å². The van der Waals surface area contributed by atoms with Crippen LogP contribution in [0.4, 0.5) is 0 Å². The fraction of sp³-hybridized carbons (Fsp3) is 0.538. The predicted molar refractivity (Wildman–Crippen MR) is 62.5 cm³/mol. The van der Waals surface area contributed by atoms with Gasteiger partial charge in [-0.3, -0.25) is 0 Å². The molecule has 1 N–H and O–H groups in total. The first-order chi connectivity index (χ1) is 7.22. The van der Waals surface area contributed by atoms with Crippen molar-refractivity contribution >= 4 is 0 Å². The van der Waals surface area contributed by atoms with Crippen LogP contribution in [0.3, 0.4) is 0 Å². The molecule has 1 aromatic carbocycles. The lowest BCUT2D eigenvalue weighted by atomic mass is 9.92. The average molecular weight is 208 g/mol. The second-order valence-corrected chi connectivity index (χ2v) is 3.85. The Labute approximate surface area is 91.9 Å². The van der Waals surface area contributed by atoms with E-state index < -0.39 is 0 Å². The van der Waals surface area contributed by atoms with Gasteiger partial charge in [-0.1, -0.05) is 19.1 Å². The topological polar surface area (TPSA) is 29.5 Å². The SMILES string of the molecule is CCC(CCO)c1ccc(OC)c(C)c1. The van der Waals surface area contributed by atoms with Crippen LogP contribution in [0.5, 0.6) is 5.75 Å². The Morgan fingerprint density at radius 3 is 2.60 bits per heavy atom. The zero-order chi connectivity index (χ0) is 11.3. The number of ether oxygens (including phenoxy) is 1. The summed E-state index contributed by atoms with van der Waals surface area (Å²) in [6.45, 7) is 4.46. The van der Waals surface area contributed by atoms with Crippen LogP contribution in [0.15, 0.2) is 18.2 Å². The largest absolute Gasteiger partial charge is 0.496 e. The number of hydrogen-bond donors (Lipinski definition) is 1. The molecule has 1 atom stereocenters. The van der Waals surface area contributed by atoms with Crippen molar-refractivity contribution in [2.24, 2.45) is 0 Å². The van der Waals surface area contributed by atoms with Crippen LogP contribution in [-0.2, 0) is 0 Å². The van der Waals surface area contributed by atoms with Crippen molar-refractivity contribution < 1.29 is 9.84 Å². The second-order valence-electron chi connectivity index (χ2n) is 3.85. The summed E-state index contributed by atoms with van der Waals surface area (Å²) in [7, 11) is 1.69. The molecule has 15 heavy (non-hydrogen) atoms. The molecule has 1 rings (SSSR count). The summed E-state index contributed by atoms with van der Waals surface area (Å²) < 4.78 is 5.22. The van der Waals surface area contributed by atoms with Crippen molar-refractivity contribution in [1.82, 2.24) is 0 Å². The Bertz CT molecular complexity index is 307. The minimum atomic E-state index is 0.254. The Morgan fingerprint density at radius 1 is 1.40 bits per heavy atom. The van der Waals surface area contributed by atoms with E-state index in [1.54, 1.807) is 7.11 Å². The van der Waals surface area contributed by atoms with Crippen molar-refractivity contribution in [3.05, 3.63) is 29.3 Å². The quantitative estimate of drug-likeness (QED) is 0.806. The van der Waals surface area contributed by atoms with Crippen molar-refractivity contribution in [2.45, 2.75) is 32.6 Å². The number of aliphatic hydroxyl groups excluding tert-OH is 1. The van der Waals surface area contributed by atoms with E-state index in [1.807, 2.05) is 13.0 Å². The molecule has 0 saturated heterocycles. The summed E-state index contributed by atoms with van der Waals surface area (Å²) >= 11 is 0. The van der Waals surface area contributed by atoms with E-state index in [1.165, 1.54) is 5.56 Å². The Balaban J connectivity index is 2.89. The molecule has 2 nitrogen and oxygen atoms in total. The molecule has 0 aliphatic carbocycles. The van der Waals surface area contributed by atoms with E-state index in [0.717, 1.165) is 24.2 Å². The minimum Gasteiger partial charge on any atom is -0.496 e. The second kappa shape index (κ2) is 5.76. The van der Waals surface area contributed by atoms with E-state index in [4.69, 9.17) is 9.84 Å². The van der Waals surface area contributed by atoms with Gasteiger partial charge in [0.05, 0.1) is 7.11 Å². The van der Waals surface area contributed by atoms with Gasteiger partial charge >= 0.3 is 0 Å². The van der Waals surface area contributed by atoms with Crippen LogP contribution in [0, 0.1) is 6.92 Å². The maximum absolute atomic E-state index is 8.97. The van der Waals surface area contributed by atoms with Gasteiger partial charge in [-0.2, -0.15) is 0 Å². The molecule has 2 heteroatoms. The van der Waals surface area contributed by atoms with Crippen LogP contribution >= 0.6 is 0 Å². The van der Waals surface area contributed by atoms with Gasteiger partial charge in [-0.15, -0.1) is 0 Å². The normalized spacial score (nSPS) is 12.5. The fourth-order valence-corrected chi connectivity index (χ4v) is 1.92. The molecule has 0 spiro atoms. The van der Waals surface area contributed by atoms with E-state index >= 15 is 0 Å². The zero-order valence-electron chi connectivity index (χ0n) is 9.79. The molecule has 84 valence electrons. The highest BCUT2D eigenvalue weighted by Crippen LogP contribution is 2.27. The summed E-state index contributed by atoms with van der Waals surface area (Å²) in [4.78, 5) is 0. The molecule has 0 aliphatic heterocycles. The van der Waals surface area contributed by atoms with Crippen LogP contribution in [-0.4, -0.2) is 18.8 Å². The lowest BCUT2D eigenvalue weighted by Crippen LogP contribution is -2.01. The first kappa shape index (κ1) is 12.1. The van der Waals surface area contributed by atoms with Crippen molar-refractivity contribution in [2.75, 3.05) is 13.7 Å². The molecule has 0 amide bonds. The van der Waals surface area contributed by atoms with Crippen molar-refractivity contribution in [1.29, 1.82) is 0 Å². The molecule has 0 aliphatic rings. The summed E-state index contributed by atoms with van der Waals surface area (Å²) in [6.07, 6.45) is 1.90. The molecule has 0 radical (unpaired) electrons. The van der Waals surface area contributed by atoms with Gasteiger partial charge in [0.15, 0.2) is 0 Å². The highest BCUT2D eigenvalue weighted by atomic mass is 16.5. The molecule has 0 aromatic heterocycles. The van der Waals surface area contributed by atoms with Gasteiger partial charge in [0, 0.05) is 6.61 Å². The zero-order valence-corrected chi connectivity index (χ0v) is 9.79. The Kier molecular flexibility index (Phi) is 4.63. The number of aryl methyl sites for hydroxylation is 1. The lowest BCUT2D eigenvalue weighted by molar-refractivity contribution is 0.274. The van der Waals surface area contributed by atoms with Gasteiger partial charge in [-0.25, -0.2) is 0 Å². The molecule has 1 aromatic rings. The first-order valence-corrected chi connectivity index (χ1v) is 5.48. The maximum atomic E-state index is 8.97. The van der Waals surface area contributed by atoms with Crippen molar-refractivity contribution in [3.8, 4) is 5.75 Å². The maximum Gasteiger partial charge on any atom is 0.121 e. The molecule has 0 bridgehead atoms. The third kappa shape index (κ3) is 2.96. The first-order valence-electron chi connectivity index (χ1n) is 5.48. The third-order valence-electron chi connectivity index (χ3n) is 2.86. The number of hydrogen-bond acceptors (Lipinski definition) is 2. The molecular weight excluding hydrogens is 188 g/mol. The van der Waals surface area contributed by atoms with Gasteiger partial charge in [0.25, 0.3) is 0 Å².